The van der Waals surface area contributed by atoms with E-state index in [-0.39, 0.29) is 68.7 Å². The van der Waals surface area contributed by atoms with Gasteiger partial charge >= 0.3 is 0 Å². The second-order valence-electron chi connectivity index (χ2n) is 28.2. The lowest BCUT2D eigenvalue weighted by Gasteiger charge is -2.35. The number of amides is 3. The summed E-state index contributed by atoms with van der Waals surface area (Å²) in [5.41, 5.74) is 37.7. The number of nitrogens with two attached hydrogens (primary N) is 5. The average molecular weight is 1620 g/mol. The number of piperazine rings is 3. The molecule has 0 unspecified atom stereocenters. The number of nitro benzene ring substituents is 2. The van der Waals surface area contributed by atoms with Crippen LogP contribution in [0, 0.1) is 37.7 Å². The van der Waals surface area contributed by atoms with E-state index >= 15 is 0 Å². The molecule has 0 saturated carbocycles. The molecular weight excluding hydrogens is 1530 g/mol. The van der Waals surface area contributed by atoms with E-state index in [0.717, 1.165) is 162 Å². The maximum atomic E-state index is 14.9. The molecule has 33 nitrogen and oxygen atoms in total. The minimum atomic E-state index is -0.798. The van der Waals surface area contributed by atoms with Crippen LogP contribution < -0.4 is 59.3 Å². The number of aromatic nitrogens is 10. The first-order valence-electron chi connectivity index (χ1n) is 38.3. The van der Waals surface area contributed by atoms with Gasteiger partial charge in [-0.05, 0) is 129 Å². The van der Waals surface area contributed by atoms with Crippen molar-refractivity contribution in [1.82, 2.24) is 63.3 Å². The molecule has 3 saturated heterocycles. The Morgan fingerprint density at radius 3 is 1.09 bits per heavy atom. The highest BCUT2D eigenvalue weighted by Crippen LogP contribution is 2.35. The number of likely N-dealkylation sites (N-methyl/N-ethyl adjacent to an activating group) is 3. The van der Waals surface area contributed by atoms with Crippen LogP contribution in [0.2, 0.25) is 0 Å². The highest BCUT2D eigenvalue weighted by atomic mass is 19.1. The van der Waals surface area contributed by atoms with Crippen LogP contribution in [0.5, 0.6) is 0 Å². The summed E-state index contributed by atoms with van der Waals surface area (Å²) in [5.74, 6) is -3.61. The van der Waals surface area contributed by atoms with Crippen molar-refractivity contribution >= 4 is 136 Å². The van der Waals surface area contributed by atoms with E-state index in [9.17, 15) is 47.8 Å². The van der Waals surface area contributed by atoms with Gasteiger partial charge in [-0.1, -0.05) is 39.0 Å². The summed E-state index contributed by atoms with van der Waals surface area (Å²) in [5, 5.41) is 33.2. The molecule has 0 radical (unpaired) electrons. The molecule has 7 aromatic heterocycles. The third-order valence-corrected chi connectivity index (χ3v) is 20.9. The lowest BCUT2D eigenvalue weighted by atomic mass is 10.1. The third kappa shape index (κ3) is 18.3. The average Bonchev–Trinajstić information content (AvgIpc) is 1.63. The number of hydrogen-bond acceptors (Lipinski definition) is 24. The van der Waals surface area contributed by atoms with Gasteiger partial charge in [0.15, 0.2) is 34.9 Å². The number of rotatable bonds is 20. The van der Waals surface area contributed by atoms with E-state index in [1.807, 2.05) is 66.7 Å². The Kier molecular flexibility index (Phi) is 24.1. The molecule has 0 atom stereocenters. The molecule has 119 heavy (non-hydrogen) atoms. The standard InChI is InChI=1S/C25H25FN8O3.2C25H27FN8O.C8H6N2O2/c1-2-31-8-10-32(11-9-31)17-5-3-4-16(12-17)29-25-28-14-21(26)24(30-25)33-15-20(23(27)35)19-13-18(34(36)37)6-7-22(19)33;2*1-2-32-8-10-33(11-9-32)18-5-3-4-17(13-18)30-25-29-14-21(26)24(31-25)34-15-20(23(28)35)19-12-16(27)6-7-22(19)34;11-10(12)7-1-2-8-6(5-7)3-4-9-8/h3-7,12-15H,2,8-11H2,1H3,(H2,27,35)(H,28,29,30);2*3-7,12-15H,2,8-11,27H2,1H3,(H2,28,35)(H,29,30,31);1-5,9H. The maximum Gasteiger partial charge on any atom is 0.270 e. The number of halogens is 3. The largest absolute Gasteiger partial charge is 0.399 e. The molecule has 7 aromatic carbocycles. The molecular formula is C83H85F3N26O7. The number of nitrogen functional groups attached to an aromatic ring is 2. The first kappa shape index (κ1) is 80.8. The molecule has 3 fully saturated rings. The van der Waals surface area contributed by atoms with Crippen molar-refractivity contribution in [2.75, 3.05) is 140 Å². The van der Waals surface area contributed by atoms with Crippen LogP contribution in [0.1, 0.15) is 51.8 Å². The van der Waals surface area contributed by atoms with Crippen molar-refractivity contribution < 1.29 is 37.4 Å². The van der Waals surface area contributed by atoms with Crippen LogP contribution in [-0.2, 0) is 0 Å². The molecule has 36 heteroatoms. The minimum absolute atomic E-state index is 0.00314. The van der Waals surface area contributed by atoms with Crippen molar-refractivity contribution in [1.29, 1.82) is 0 Å². The number of aromatic amines is 1. The zero-order valence-electron chi connectivity index (χ0n) is 65.1. The number of nitro groups is 2. The van der Waals surface area contributed by atoms with E-state index in [2.05, 4.69) is 113 Å². The summed E-state index contributed by atoms with van der Waals surface area (Å²) in [6, 6.07) is 44.3. The highest BCUT2D eigenvalue weighted by molar-refractivity contribution is 6.09. The molecule has 10 heterocycles. The molecule has 3 amide bonds. The van der Waals surface area contributed by atoms with Crippen LogP contribution in [0.4, 0.5) is 87.9 Å². The summed E-state index contributed by atoms with van der Waals surface area (Å²) < 4.78 is 48.9. The number of nitrogens with zero attached hydrogens (tertiary/aromatic N) is 17. The second kappa shape index (κ2) is 35.5. The number of H-pyrrole nitrogens is 1. The molecule has 3 aliphatic rings. The third-order valence-electron chi connectivity index (χ3n) is 20.9. The van der Waals surface area contributed by atoms with Gasteiger partial charge in [-0.2, -0.15) is 15.0 Å². The van der Waals surface area contributed by atoms with Gasteiger partial charge in [0, 0.05) is 200 Å². The van der Waals surface area contributed by atoms with Crippen molar-refractivity contribution in [3.8, 4) is 17.5 Å². The summed E-state index contributed by atoms with van der Waals surface area (Å²) >= 11 is 0. The van der Waals surface area contributed by atoms with Gasteiger partial charge in [-0.25, -0.2) is 28.1 Å². The van der Waals surface area contributed by atoms with Gasteiger partial charge in [-0.15, -0.1) is 0 Å². The Hall–Kier alpha value is -14.8. The molecule has 3 aliphatic heterocycles. The van der Waals surface area contributed by atoms with Crippen LogP contribution in [0.15, 0.2) is 195 Å². The molecule has 610 valence electrons. The normalized spacial score (nSPS) is 13.9. The lowest BCUT2D eigenvalue weighted by molar-refractivity contribution is -0.384. The molecule has 0 spiro atoms. The Balaban J connectivity index is 0.000000136. The second-order valence-corrected chi connectivity index (χ2v) is 28.2. The number of fused-ring (bicyclic) bond motifs is 4. The molecule has 14 N–H and O–H groups in total. The van der Waals surface area contributed by atoms with Gasteiger partial charge < -0.3 is 79.0 Å². The van der Waals surface area contributed by atoms with E-state index in [0.29, 0.717) is 38.7 Å². The number of non-ortho nitro benzene ring substituents is 2. The Bertz CT molecular complexity index is 5920. The first-order valence-corrected chi connectivity index (χ1v) is 38.3. The van der Waals surface area contributed by atoms with Crippen molar-refractivity contribution in [2.45, 2.75) is 20.8 Å². The number of primary amides is 3. The van der Waals surface area contributed by atoms with Crippen LogP contribution in [-0.4, -0.2) is 189 Å². The fourth-order valence-electron chi connectivity index (χ4n) is 14.6. The van der Waals surface area contributed by atoms with Gasteiger partial charge in [0.1, 0.15) is 0 Å². The van der Waals surface area contributed by atoms with E-state index < -0.39 is 45.0 Å². The quantitative estimate of drug-likeness (QED) is 0.0194. The first-order chi connectivity index (χ1) is 57.5. The Labute approximate surface area is 678 Å². The fraction of sp³-hybridized carbons (Fsp3) is 0.217. The van der Waals surface area contributed by atoms with Gasteiger partial charge in [-0.3, -0.25) is 48.3 Å². The van der Waals surface area contributed by atoms with Crippen molar-refractivity contribution in [2.24, 2.45) is 17.2 Å². The predicted molar refractivity (Wildman–Crippen MR) is 455 cm³/mol. The maximum absolute atomic E-state index is 14.9. The number of hydrogen-bond donors (Lipinski definition) is 9. The SMILES string of the molecule is CCN1CCN(c2cccc(Nc3ncc(F)c(-n4cc(C(N)=O)c5cc(N)ccc54)n3)c2)CC1.CCN1CCN(c2cccc(Nc3ncc(F)c(-n4cc(C(N)=O)c5cc(N)ccc54)n3)c2)CC1.CCN1CCN(c2cccc(Nc3ncc(F)c(-n4cc(C(N)=O)c5cc([N+](=O)[O-])ccc54)n3)c2)CC1.O=[N+]([O-])c1ccc2[nH]ccc2c1. The molecule has 0 aliphatic carbocycles. The van der Waals surface area contributed by atoms with Gasteiger partial charge in [0.25, 0.3) is 29.1 Å². The Morgan fingerprint density at radius 2 is 0.756 bits per heavy atom. The van der Waals surface area contributed by atoms with E-state index in [1.165, 1.54) is 56.6 Å². The smallest absolute Gasteiger partial charge is 0.270 e. The van der Waals surface area contributed by atoms with Gasteiger partial charge in [0.2, 0.25) is 17.8 Å². The van der Waals surface area contributed by atoms with Crippen LogP contribution >= 0.6 is 0 Å². The fourth-order valence-corrected chi connectivity index (χ4v) is 14.6. The summed E-state index contributed by atoms with van der Waals surface area (Å²) in [7, 11) is 0. The molecule has 14 aromatic rings. The number of benzene rings is 7. The van der Waals surface area contributed by atoms with Crippen LogP contribution in [0.3, 0.4) is 0 Å². The number of nitrogens with one attached hydrogen (secondary N) is 4. The van der Waals surface area contributed by atoms with Crippen molar-refractivity contribution in [3.05, 3.63) is 249 Å². The monoisotopic (exact) mass is 1610 g/mol. The lowest BCUT2D eigenvalue weighted by Crippen LogP contribution is -2.46. The minimum Gasteiger partial charge on any atom is -0.399 e. The summed E-state index contributed by atoms with van der Waals surface area (Å²) in [4.78, 5) is 99.3. The highest BCUT2D eigenvalue weighted by Gasteiger charge is 2.26. The zero-order chi connectivity index (χ0) is 83.7. The molecule has 17 rings (SSSR count). The van der Waals surface area contributed by atoms with Crippen molar-refractivity contribution in [3.63, 3.8) is 0 Å². The van der Waals surface area contributed by atoms with Gasteiger partial charge in [0.05, 0.1) is 61.7 Å². The van der Waals surface area contributed by atoms with E-state index in [1.54, 1.807) is 54.7 Å². The zero-order valence-corrected chi connectivity index (χ0v) is 65.1. The summed E-state index contributed by atoms with van der Waals surface area (Å²) in [6.07, 6.45) is 9.25. The summed E-state index contributed by atoms with van der Waals surface area (Å²) in [6.45, 7) is 21.5. The van der Waals surface area contributed by atoms with Crippen LogP contribution in [0.25, 0.3) is 61.1 Å². The number of anilines is 11. The van der Waals surface area contributed by atoms with E-state index in [4.69, 9.17) is 28.7 Å². The topological polar surface area (TPSA) is 431 Å². The Morgan fingerprint density at radius 1 is 0.429 bits per heavy atom. The predicted octanol–water partition coefficient (Wildman–Crippen LogP) is 11.8. The molecule has 0 bridgehead atoms. The number of carbonyl (C=O) groups is 3. The number of carbonyl (C=O) groups excluding carboxylic acids is 3.